The van der Waals surface area contributed by atoms with Crippen LogP contribution in [0.5, 0.6) is 5.75 Å². The maximum absolute atomic E-state index is 14.9. The number of fused-ring (bicyclic) bond motifs is 7. The van der Waals surface area contributed by atoms with E-state index in [4.69, 9.17) is 23.7 Å². The summed E-state index contributed by atoms with van der Waals surface area (Å²) in [6.45, 7) is 10.6. The third-order valence-corrected chi connectivity index (χ3v) is 19.1. The fourth-order valence-electron chi connectivity index (χ4n) is 14.5. The van der Waals surface area contributed by atoms with Gasteiger partial charge in [0, 0.05) is 42.6 Å². The van der Waals surface area contributed by atoms with Gasteiger partial charge in [-0.2, -0.15) is 0 Å². The fraction of sp³-hybridized carbons (Fsp3) is 0.683. The van der Waals surface area contributed by atoms with Gasteiger partial charge in [0.2, 0.25) is 0 Å². The first-order valence-electron chi connectivity index (χ1n) is 28.9. The number of halogens is 1. The van der Waals surface area contributed by atoms with E-state index in [1.54, 1.807) is 30.4 Å². The summed E-state index contributed by atoms with van der Waals surface area (Å²) in [6, 6.07) is 15.6. The van der Waals surface area contributed by atoms with Gasteiger partial charge >= 0.3 is 13.8 Å². The Labute approximate surface area is 468 Å². The van der Waals surface area contributed by atoms with Crippen LogP contribution in [0.2, 0.25) is 0 Å². The van der Waals surface area contributed by atoms with Gasteiger partial charge in [-0.3, -0.25) is 9.59 Å². The predicted molar refractivity (Wildman–Crippen MR) is 290 cm³/mol. The van der Waals surface area contributed by atoms with Gasteiger partial charge in [0.25, 0.3) is 0 Å². The minimum absolute atomic E-state index is 0. The van der Waals surface area contributed by atoms with Crippen LogP contribution in [0.15, 0.2) is 72.3 Å². The van der Waals surface area contributed by atoms with Crippen molar-refractivity contribution < 1.29 is 84.0 Å². The van der Waals surface area contributed by atoms with Crippen molar-refractivity contribution in [2.45, 2.75) is 161 Å². The number of carbonyl (C=O) groups is 3. The summed E-state index contributed by atoms with van der Waals surface area (Å²) in [5.74, 6) is -1.31. The summed E-state index contributed by atoms with van der Waals surface area (Å²) in [5, 5.41) is 27.0. The second-order valence-corrected chi connectivity index (χ2v) is 24.8. The highest BCUT2D eigenvalue weighted by Gasteiger charge is 2.71. The molecule has 16 nitrogen and oxygen atoms in total. The number of ether oxygens (including phenoxy) is 5. The lowest BCUT2D eigenvalue weighted by Crippen LogP contribution is -3.00. The molecule has 0 amide bonds. The number of hydrogen-bond acceptors (Lipinski definition) is 13. The molecule has 8 rings (SSSR count). The Bertz CT molecular complexity index is 2410. The maximum atomic E-state index is 14.9. The maximum Gasteiger partial charge on any atom is 0.472 e. The van der Waals surface area contributed by atoms with Crippen molar-refractivity contribution in [1.29, 1.82) is 0 Å². The minimum Gasteiger partial charge on any atom is -1.00 e. The van der Waals surface area contributed by atoms with Gasteiger partial charge < -0.3 is 65.9 Å². The molecule has 1 aliphatic heterocycles. The van der Waals surface area contributed by atoms with E-state index in [1.807, 2.05) is 26.0 Å². The van der Waals surface area contributed by atoms with Crippen molar-refractivity contribution in [3.8, 4) is 5.75 Å². The van der Waals surface area contributed by atoms with Gasteiger partial charge in [0.05, 0.1) is 43.4 Å². The average Bonchev–Trinajstić information content (AvgIpc) is 3.71. The number of aliphatic hydroxyl groups excluding tert-OH is 2. The van der Waals surface area contributed by atoms with E-state index in [1.165, 1.54) is 12.0 Å². The number of likely N-dealkylation sites (N-methyl/N-ethyl adjacent to an activating group) is 1. The van der Waals surface area contributed by atoms with Crippen molar-refractivity contribution in [1.82, 2.24) is 5.32 Å². The molecule has 1 saturated heterocycles. The highest BCUT2D eigenvalue weighted by Crippen LogP contribution is 2.68. The lowest BCUT2D eigenvalue weighted by Gasteiger charge is -2.59. The van der Waals surface area contributed by atoms with Crippen molar-refractivity contribution in [3.05, 3.63) is 89.0 Å². The van der Waals surface area contributed by atoms with Crippen LogP contribution in [0.3, 0.4) is 0 Å². The Morgan fingerprint density at radius 1 is 0.910 bits per heavy atom. The summed E-state index contributed by atoms with van der Waals surface area (Å²) in [5.41, 5.74) is 2.39. The number of aryl methyl sites for hydroxylation is 1. The number of aliphatic hydroxyl groups is 2. The zero-order valence-corrected chi connectivity index (χ0v) is 48.1. The van der Waals surface area contributed by atoms with E-state index in [-0.39, 0.29) is 77.1 Å². The molecule has 18 heteroatoms. The smallest absolute Gasteiger partial charge is 0.472 e. The molecule has 5 N–H and O–H groups in total. The van der Waals surface area contributed by atoms with Gasteiger partial charge in [-0.05, 0) is 137 Å². The monoisotopic (exact) mass is 1130 g/mol. The second kappa shape index (κ2) is 28.1. The molecular formula is C60H88ClN2O14P. The number of nitrogens with zero attached hydrogens (tertiary/aromatic N) is 1. The number of nitrogens with one attached hydrogen (secondary N) is 1. The van der Waals surface area contributed by atoms with E-state index < -0.39 is 68.5 Å². The number of hydrogen-bond donors (Lipinski definition) is 5. The molecule has 1 heterocycles. The van der Waals surface area contributed by atoms with E-state index in [0.717, 1.165) is 102 Å². The van der Waals surface area contributed by atoms with Crippen LogP contribution in [0.1, 0.15) is 140 Å². The zero-order valence-electron chi connectivity index (χ0n) is 46.4. The van der Waals surface area contributed by atoms with Gasteiger partial charge in [-0.25, -0.2) is 13.9 Å². The van der Waals surface area contributed by atoms with Crippen LogP contribution < -0.4 is 22.5 Å². The summed E-state index contributed by atoms with van der Waals surface area (Å²) in [4.78, 5) is 60.3. The minimum atomic E-state index is -4.84. The Kier molecular flexibility index (Phi) is 22.4. The molecule has 5 unspecified atom stereocenters. The molecule has 2 aromatic rings. The number of Topliss-reactive ketones (excluding diaryl/α,β-unsaturated/α-hetero) is 1. The first-order chi connectivity index (χ1) is 37.0. The SMILES string of the molecule is CC[N+](CC)(CC(=O)OCC(=O)[C@H]1[C@H]2O[C@H](C3CCCCC3)OC2C2C3CCC4=CC(=O)C=C[C@]4(C)C3[C@@H](O)C[C@@]21C)Cc1cc(C(O)CNCCCCCCOCCCCc2ccccc2)ccc1OCOP(=O)(O)O.[Cl-]. The Morgan fingerprint density at radius 3 is 2.36 bits per heavy atom. The third-order valence-electron chi connectivity index (χ3n) is 18.6. The number of benzene rings is 2. The first-order valence-corrected chi connectivity index (χ1v) is 30.4. The molecule has 5 aliphatic carbocycles. The Balaban J connectivity index is 0.00000882. The molecule has 4 saturated carbocycles. The molecular weight excluding hydrogens is 1040 g/mol. The molecule has 0 aromatic heterocycles. The van der Waals surface area contributed by atoms with Crippen LogP contribution in [0.25, 0.3) is 0 Å². The van der Waals surface area contributed by atoms with Crippen LogP contribution in [-0.4, -0.2) is 126 Å². The molecule has 2 aromatic carbocycles. The number of quaternary nitrogens is 1. The number of ketones is 2. The molecule has 0 radical (unpaired) electrons. The number of unbranched alkanes of at least 4 members (excludes halogenated alkanes) is 4. The summed E-state index contributed by atoms with van der Waals surface area (Å²) < 4.78 is 47.9. The van der Waals surface area contributed by atoms with E-state index in [0.29, 0.717) is 43.6 Å². The van der Waals surface area contributed by atoms with Crippen molar-refractivity contribution in [2.24, 2.45) is 40.4 Å². The standard InChI is InChI=1S/C60H87N2O14P.ClH/c1-5-62(6-2,37-44-33-43(24-27-51(44)73-40-74-77(68,69)70)49(65)36-61-30-16-7-8-17-31-71-32-18-15-21-41-19-11-9-12-20-41)38-52(67)72-39-50(66)55-57-56(75-58(76-57)42-22-13-10-14-23-42)54-47-26-25-45-34-46(63)28-29-59(45,3)53(47)48(64)35-60(54,55)4;/h9,11-12,19-20,24,27-29,33-34,42,47-49,53-58,61,64-65H,5-8,10,13-18,21-23,25-26,30-32,35-40H2,1-4H3,(H-,68,69,70);1H/t47?,48-,49?,53?,54?,55-,56?,57+,58+,59-,60-;/m0./s1. The molecule has 11 atom stereocenters. The molecule has 5 fully saturated rings. The number of carbonyl (C=O) groups excluding carboxylic acids is 3. The second-order valence-electron chi connectivity index (χ2n) is 23.5. The average molecular weight is 1130 g/mol. The predicted octanol–water partition coefficient (Wildman–Crippen LogP) is 5.63. The normalized spacial score (nSPS) is 29.1. The lowest BCUT2D eigenvalue weighted by molar-refractivity contribution is -0.931. The quantitative estimate of drug-likeness (QED) is 0.0219. The van der Waals surface area contributed by atoms with Gasteiger partial charge in [0.1, 0.15) is 12.3 Å². The fourth-order valence-corrected chi connectivity index (χ4v) is 14.7. The van der Waals surface area contributed by atoms with Gasteiger partial charge in [-0.15, -0.1) is 0 Å². The zero-order chi connectivity index (χ0) is 54.8. The number of phosphoric ester groups is 1. The van der Waals surface area contributed by atoms with E-state index in [2.05, 4.69) is 48.0 Å². The topological polar surface area (TPSA) is 217 Å². The van der Waals surface area contributed by atoms with Crippen LogP contribution >= 0.6 is 7.82 Å². The van der Waals surface area contributed by atoms with Crippen LogP contribution in [0.4, 0.5) is 0 Å². The van der Waals surface area contributed by atoms with E-state index in [9.17, 15) is 38.9 Å². The van der Waals surface area contributed by atoms with Crippen molar-refractivity contribution in [3.63, 3.8) is 0 Å². The number of allylic oxidation sites excluding steroid dienone is 4. The summed E-state index contributed by atoms with van der Waals surface area (Å²) in [6.07, 6.45) is 16.8. The molecule has 0 spiro atoms. The lowest BCUT2D eigenvalue weighted by atomic mass is 9.46. The number of esters is 1. The van der Waals surface area contributed by atoms with Crippen LogP contribution in [0, 0.1) is 40.4 Å². The highest BCUT2D eigenvalue weighted by molar-refractivity contribution is 7.46. The number of rotatable bonds is 29. The third kappa shape index (κ3) is 15.0. The van der Waals surface area contributed by atoms with Crippen LogP contribution in [-0.2, 0) is 55.4 Å². The van der Waals surface area contributed by atoms with Gasteiger partial charge in [-0.1, -0.05) is 94.0 Å². The molecule has 6 aliphatic rings. The largest absolute Gasteiger partial charge is 1.00 e. The summed E-state index contributed by atoms with van der Waals surface area (Å²) in [7, 11) is -4.84. The Morgan fingerprint density at radius 2 is 1.63 bits per heavy atom. The van der Waals surface area contributed by atoms with Crippen molar-refractivity contribution >= 4 is 25.4 Å². The van der Waals surface area contributed by atoms with Gasteiger partial charge in [0.15, 0.2) is 37.8 Å². The first kappa shape index (κ1) is 62.3. The van der Waals surface area contributed by atoms with E-state index >= 15 is 0 Å². The van der Waals surface area contributed by atoms with Crippen molar-refractivity contribution in [2.75, 3.05) is 59.3 Å². The molecule has 0 bridgehead atoms. The summed E-state index contributed by atoms with van der Waals surface area (Å²) >= 11 is 0. The molecule has 78 heavy (non-hydrogen) atoms. The number of phosphoric acid groups is 1. The highest BCUT2D eigenvalue weighted by atomic mass is 35.5. The molecule has 434 valence electrons. The Hall–Kier alpha value is -3.35.